The van der Waals surface area contributed by atoms with E-state index in [-0.39, 0.29) is 18.2 Å². The summed E-state index contributed by atoms with van der Waals surface area (Å²) in [6.45, 7) is 13.5. The number of H-pyrrole nitrogens is 1. The molecule has 158 valence electrons. The lowest BCUT2D eigenvalue weighted by Gasteiger charge is -2.29. The van der Waals surface area contributed by atoms with Gasteiger partial charge in [0.1, 0.15) is 17.0 Å². The zero-order valence-corrected chi connectivity index (χ0v) is 18.2. The summed E-state index contributed by atoms with van der Waals surface area (Å²) in [6.07, 6.45) is 1.71. The zero-order valence-electron chi connectivity index (χ0n) is 18.2. The third-order valence-electron chi connectivity index (χ3n) is 6.14. The Morgan fingerprint density at radius 2 is 2.13 bits per heavy atom. The molecule has 0 radical (unpaired) electrons. The van der Waals surface area contributed by atoms with E-state index >= 15 is 0 Å². The van der Waals surface area contributed by atoms with Gasteiger partial charge in [0, 0.05) is 6.04 Å². The van der Waals surface area contributed by atoms with Gasteiger partial charge < -0.3 is 19.0 Å². The summed E-state index contributed by atoms with van der Waals surface area (Å²) in [5, 5.41) is 0. The van der Waals surface area contributed by atoms with E-state index in [1.165, 1.54) is 0 Å². The van der Waals surface area contributed by atoms with Gasteiger partial charge in [0.2, 0.25) is 0 Å². The number of carbonyl (C=O) groups excluding carboxylic acids is 1. The first-order valence-electron chi connectivity index (χ1n) is 10.6. The number of nitrogens with one attached hydrogen (secondary N) is 1. The quantitative estimate of drug-likeness (QED) is 0.766. The van der Waals surface area contributed by atoms with E-state index < -0.39 is 18.3 Å². The number of imidazole rings is 1. The monoisotopic (exact) mass is 409 g/mol. The average Bonchev–Trinajstić information content (AvgIpc) is 2.98. The Bertz CT molecular complexity index is 1040. The lowest BCUT2D eigenvalue weighted by molar-refractivity contribution is 0.0175. The first-order chi connectivity index (χ1) is 14.0. The van der Waals surface area contributed by atoms with Crippen LogP contribution < -0.4 is 5.46 Å². The van der Waals surface area contributed by atoms with Crippen LogP contribution in [0.4, 0.5) is 4.79 Å². The Morgan fingerprint density at radius 3 is 2.80 bits per heavy atom. The predicted molar refractivity (Wildman–Crippen MR) is 114 cm³/mol. The highest BCUT2D eigenvalue weighted by Gasteiger charge is 2.56. The summed E-state index contributed by atoms with van der Waals surface area (Å²) in [5.74, 6) is 1.97. The number of aromatic amines is 1. The van der Waals surface area contributed by atoms with Crippen molar-refractivity contribution in [2.75, 3.05) is 0 Å². The number of benzene rings is 1. The van der Waals surface area contributed by atoms with E-state index in [1.54, 1.807) is 0 Å². The van der Waals surface area contributed by atoms with E-state index in [4.69, 9.17) is 19.0 Å². The first-order valence-corrected chi connectivity index (χ1v) is 10.6. The topological polar surface area (TPSA) is 76.7 Å². The van der Waals surface area contributed by atoms with Crippen LogP contribution in [0, 0.1) is 5.92 Å². The van der Waals surface area contributed by atoms with Gasteiger partial charge in [-0.1, -0.05) is 12.6 Å². The third kappa shape index (κ3) is 3.27. The molecular formula is C22H28BN3O4. The molecule has 1 amide bonds. The Morgan fingerprint density at radius 1 is 1.37 bits per heavy atom. The second kappa shape index (κ2) is 6.26. The van der Waals surface area contributed by atoms with Crippen molar-refractivity contribution in [3.63, 3.8) is 0 Å². The second-order valence-electron chi connectivity index (χ2n) is 10.1. The fourth-order valence-electron chi connectivity index (χ4n) is 4.39. The molecule has 2 aromatic rings. The summed E-state index contributed by atoms with van der Waals surface area (Å²) in [6, 6.07) is 6.10. The summed E-state index contributed by atoms with van der Waals surface area (Å²) in [5.41, 5.74) is 1.63. The van der Waals surface area contributed by atoms with Crippen LogP contribution in [0.5, 0.6) is 0 Å². The molecule has 8 heteroatoms. The summed E-state index contributed by atoms with van der Waals surface area (Å²) < 4.78 is 17.5. The number of rotatable bonds is 2. The predicted octanol–water partition coefficient (Wildman–Crippen LogP) is 3.67. The van der Waals surface area contributed by atoms with Crippen molar-refractivity contribution in [1.82, 2.24) is 14.9 Å². The number of hydrogen-bond donors (Lipinski definition) is 1. The van der Waals surface area contributed by atoms with Crippen LogP contribution in [0.25, 0.3) is 11.0 Å². The summed E-state index contributed by atoms with van der Waals surface area (Å²) in [4.78, 5) is 22.9. The minimum absolute atomic E-state index is 0.0860. The average molecular weight is 409 g/mol. The highest BCUT2D eigenvalue weighted by molar-refractivity contribution is 6.62. The number of hydrogen-bond acceptors (Lipinski definition) is 5. The van der Waals surface area contributed by atoms with Crippen LogP contribution in [0.15, 0.2) is 30.5 Å². The van der Waals surface area contributed by atoms with E-state index in [0.717, 1.165) is 35.2 Å². The van der Waals surface area contributed by atoms with Gasteiger partial charge in [-0.3, -0.25) is 4.90 Å². The van der Waals surface area contributed by atoms with Crippen molar-refractivity contribution in [1.29, 1.82) is 0 Å². The smallest absolute Gasteiger partial charge is 0.534 e. The Hall–Kier alpha value is -2.48. The SMILES string of the molecule is C=C1OB(c2ccc3nc([C@@H]4C[C@H]5C[C@H]5N4C(=O)OC(C)(C)C)[nH]c3c2)OC1(C)C. The second-order valence-corrected chi connectivity index (χ2v) is 10.1. The Balaban J connectivity index is 1.41. The first kappa shape index (κ1) is 19.5. The molecule has 3 heterocycles. The molecule has 0 bridgehead atoms. The van der Waals surface area contributed by atoms with Crippen molar-refractivity contribution < 1.29 is 18.8 Å². The molecule has 3 fully saturated rings. The van der Waals surface area contributed by atoms with Crippen molar-refractivity contribution in [3.8, 4) is 0 Å². The van der Waals surface area contributed by atoms with E-state index in [1.807, 2.05) is 57.7 Å². The maximum Gasteiger partial charge on any atom is 0.563 e. The molecule has 7 nitrogen and oxygen atoms in total. The van der Waals surface area contributed by atoms with Gasteiger partial charge in [-0.15, -0.1) is 0 Å². The standard InChI is InChI=1S/C22H28BN3O4/c1-12-22(5,6)30-23(29-12)14-7-8-15-16(11-14)25-19(24-15)18-10-13-9-17(13)26(18)20(27)28-21(2,3)4/h7-8,11,13,17-18H,1,9-10H2,2-6H3,(H,24,25)/t13-,17-,18+/m1/s1. The number of nitrogens with zero attached hydrogens (tertiary/aromatic N) is 2. The van der Waals surface area contributed by atoms with Gasteiger partial charge in [-0.2, -0.15) is 0 Å². The molecule has 1 N–H and O–H groups in total. The molecule has 1 aromatic carbocycles. The fraction of sp³-hybridized carbons (Fsp3) is 0.545. The van der Waals surface area contributed by atoms with E-state index in [2.05, 4.69) is 11.6 Å². The number of amides is 1. The molecule has 1 aliphatic carbocycles. The molecule has 1 aromatic heterocycles. The minimum Gasteiger partial charge on any atom is -0.534 e. The third-order valence-corrected chi connectivity index (χ3v) is 6.14. The van der Waals surface area contributed by atoms with Gasteiger partial charge in [0.25, 0.3) is 0 Å². The van der Waals surface area contributed by atoms with Crippen molar-refractivity contribution in [2.45, 2.75) is 70.7 Å². The maximum absolute atomic E-state index is 12.8. The maximum atomic E-state index is 12.8. The van der Waals surface area contributed by atoms with Crippen LogP contribution in [0.2, 0.25) is 0 Å². The lowest BCUT2D eigenvalue weighted by atomic mass is 9.79. The molecule has 3 atom stereocenters. The van der Waals surface area contributed by atoms with Gasteiger partial charge in [-0.05, 0) is 71.0 Å². The number of aromatic nitrogens is 2. The Kier molecular flexibility index (Phi) is 4.07. The van der Waals surface area contributed by atoms with Crippen LogP contribution in [-0.4, -0.2) is 45.3 Å². The number of likely N-dealkylation sites (tertiary alicyclic amines) is 1. The van der Waals surface area contributed by atoms with Gasteiger partial charge in [-0.25, -0.2) is 9.78 Å². The lowest BCUT2D eigenvalue weighted by Crippen LogP contribution is -2.38. The zero-order chi connectivity index (χ0) is 21.4. The number of piperidine rings is 1. The number of fused-ring (bicyclic) bond motifs is 2. The largest absolute Gasteiger partial charge is 0.563 e. The van der Waals surface area contributed by atoms with Gasteiger partial charge >= 0.3 is 13.2 Å². The highest BCUT2D eigenvalue weighted by atomic mass is 16.7. The van der Waals surface area contributed by atoms with Crippen LogP contribution >= 0.6 is 0 Å². The summed E-state index contributed by atoms with van der Waals surface area (Å²) in [7, 11) is -0.485. The van der Waals surface area contributed by atoms with E-state index in [9.17, 15) is 4.79 Å². The molecule has 0 unspecified atom stereocenters. The highest BCUT2D eigenvalue weighted by Crippen LogP contribution is 2.53. The van der Waals surface area contributed by atoms with Crippen molar-refractivity contribution in [3.05, 3.63) is 36.4 Å². The molecule has 5 rings (SSSR count). The fourth-order valence-corrected chi connectivity index (χ4v) is 4.39. The molecule has 3 aliphatic rings. The molecule has 2 aliphatic heterocycles. The van der Waals surface area contributed by atoms with Crippen LogP contribution in [-0.2, 0) is 14.0 Å². The van der Waals surface area contributed by atoms with Crippen molar-refractivity contribution in [2.24, 2.45) is 5.92 Å². The van der Waals surface area contributed by atoms with Crippen molar-refractivity contribution >= 4 is 29.7 Å². The number of carbonyl (C=O) groups is 1. The molecule has 0 spiro atoms. The number of ether oxygens (including phenoxy) is 1. The van der Waals surface area contributed by atoms with E-state index in [0.29, 0.717) is 11.7 Å². The molecule has 30 heavy (non-hydrogen) atoms. The minimum atomic E-state index is -0.517. The van der Waals surface area contributed by atoms with Gasteiger partial charge in [0.05, 0.1) is 22.8 Å². The normalized spacial score (nSPS) is 27.4. The molecule has 2 saturated heterocycles. The Labute approximate surface area is 176 Å². The van der Waals surface area contributed by atoms with Crippen LogP contribution in [0.3, 0.4) is 0 Å². The van der Waals surface area contributed by atoms with Gasteiger partial charge in [0.15, 0.2) is 0 Å². The van der Waals surface area contributed by atoms with Crippen LogP contribution in [0.1, 0.15) is 59.3 Å². The molecule has 1 saturated carbocycles. The molecular weight excluding hydrogens is 381 g/mol. The summed E-state index contributed by atoms with van der Waals surface area (Å²) >= 11 is 0.